The molecule has 0 fully saturated rings. The molecule has 1 aromatic rings. The molecule has 0 spiro atoms. The second kappa shape index (κ2) is 5.13. The summed E-state index contributed by atoms with van der Waals surface area (Å²) in [6.07, 6.45) is 8.19. The Hall–Kier alpha value is -0.340. The molecule has 0 N–H and O–H groups in total. The summed E-state index contributed by atoms with van der Waals surface area (Å²) in [5, 5.41) is 8.83. The maximum Gasteiger partial charge on any atom is 0.155 e. The van der Waals surface area contributed by atoms with Gasteiger partial charge in [0.1, 0.15) is 0 Å². The van der Waals surface area contributed by atoms with E-state index in [1.165, 1.54) is 32.1 Å². The molecule has 4 heteroatoms. The smallest absolute Gasteiger partial charge is 0.137 e. The minimum atomic E-state index is 0.538. The van der Waals surface area contributed by atoms with Crippen molar-refractivity contribution in [3.05, 3.63) is 21.4 Å². The number of hydrogen-bond donors (Lipinski definition) is 0. The molecule has 0 amide bonds. The van der Waals surface area contributed by atoms with E-state index in [-0.39, 0.29) is 0 Å². The summed E-state index contributed by atoms with van der Waals surface area (Å²) < 4.78 is 0. The summed E-state index contributed by atoms with van der Waals surface area (Å²) in [7, 11) is 0. The van der Waals surface area contributed by atoms with Gasteiger partial charge in [-0.05, 0) is 36.8 Å². The standard InChI is InChI=1S/C11H14Cl2N2/c12-10-8-6-4-2-1-3-5-7-9(8)11(13)15-14-10/h1-7H2. The van der Waals surface area contributed by atoms with E-state index in [0.717, 1.165) is 24.0 Å². The maximum absolute atomic E-state index is 6.06. The Bertz CT molecular complexity index is 320. The molecule has 0 saturated heterocycles. The molecule has 0 aliphatic heterocycles. The number of fused-ring (bicyclic) bond motifs is 1. The Morgan fingerprint density at radius 3 is 1.53 bits per heavy atom. The van der Waals surface area contributed by atoms with Gasteiger partial charge in [0, 0.05) is 0 Å². The Labute approximate surface area is 100.0 Å². The van der Waals surface area contributed by atoms with Crippen LogP contribution in [0.2, 0.25) is 10.3 Å². The van der Waals surface area contributed by atoms with Crippen molar-refractivity contribution < 1.29 is 0 Å². The molecule has 2 nitrogen and oxygen atoms in total. The van der Waals surface area contributed by atoms with Crippen LogP contribution in [-0.4, -0.2) is 10.2 Å². The predicted molar refractivity (Wildman–Crippen MR) is 62.5 cm³/mol. The van der Waals surface area contributed by atoms with Crippen LogP contribution >= 0.6 is 23.2 Å². The van der Waals surface area contributed by atoms with Gasteiger partial charge in [0.15, 0.2) is 10.3 Å². The highest BCUT2D eigenvalue weighted by atomic mass is 35.5. The van der Waals surface area contributed by atoms with Crippen LogP contribution in [-0.2, 0) is 12.8 Å². The monoisotopic (exact) mass is 244 g/mol. The second-order valence-corrected chi connectivity index (χ2v) is 4.72. The van der Waals surface area contributed by atoms with Gasteiger partial charge in [-0.1, -0.05) is 42.5 Å². The van der Waals surface area contributed by atoms with E-state index in [9.17, 15) is 0 Å². The first kappa shape index (κ1) is 11.2. The molecule has 82 valence electrons. The Balaban J connectivity index is 2.36. The summed E-state index contributed by atoms with van der Waals surface area (Å²) in [4.78, 5) is 0. The van der Waals surface area contributed by atoms with E-state index >= 15 is 0 Å². The minimum absolute atomic E-state index is 0.538. The lowest BCUT2D eigenvalue weighted by Crippen LogP contribution is -2.01. The lowest BCUT2D eigenvalue weighted by atomic mass is 10.0. The van der Waals surface area contributed by atoms with Crippen LogP contribution in [0.15, 0.2) is 0 Å². The summed E-state index contributed by atoms with van der Waals surface area (Å²) in [6.45, 7) is 0. The lowest BCUT2D eigenvalue weighted by Gasteiger charge is -2.09. The third-order valence-electron chi connectivity index (χ3n) is 2.94. The quantitative estimate of drug-likeness (QED) is 0.694. The molecule has 0 atom stereocenters. The predicted octanol–water partition coefficient (Wildman–Crippen LogP) is 3.83. The van der Waals surface area contributed by atoms with Crippen LogP contribution < -0.4 is 0 Å². The second-order valence-electron chi connectivity index (χ2n) is 4.01. The lowest BCUT2D eigenvalue weighted by molar-refractivity contribution is 0.629. The highest BCUT2D eigenvalue weighted by Crippen LogP contribution is 2.28. The molecule has 0 bridgehead atoms. The topological polar surface area (TPSA) is 25.8 Å². The van der Waals surface area contributed by atoms with Crippen molar-refractivity contribution in [3.8, 4) is 0 Å². The summed E-state index contributed by atoms with van der Waals surface area (Å²) in [5.74, 6) is 0. The zero-order valence-electron chi connectivity index (χ0n) is 8.60. The SMILES string of the molecule is Clc1nnc(Cl)c2c1CCCCCCC2. The highest BCUT2D eigenvalue weighted by molar-refractivity contribution is 6.32. The van der Waals surface area contributed by atoms with Crippen molar-refractivity contribution in [3.63, 3.8) is 0 Å². The number of aromatic nitrogens is 2. The van der Waals surface area contributed by atoms with E-state index < -0.39 is 0 Å². The fourth-order valence-corrected chi connectivity index (χ4v) is 2.59. The Morgan fingerprint density at radius 2 is 1.07 bits per heavy atom. The first-order valence-electron chi connectivity index (χ1n) is 5.48. The number of halogens is 2. The maximum atomic E-state index is 6.06. The summed E-state index contributed by atoms with van der Waals surface area (Å²) >= 11 is 12.1. The van der Waals surface area contributed by atoms with Crippen LogP contribution in [0, 0.1) is 0 Å². The average molecular weight is 245 g/mol. The molecule has 2 rings (SSSR count). The van der Waals surface area contributed by atoms with Gasteiger partial charge in [-0.15, -0.1) is 10.2 Å². The van der Waals surface area contributed by atoms with Crippen LogP contribution in [0.4, 0.5) is 0 Å². The van der Waals surface area contributed by atoms with Crippen LogP contribution in [0.5, 0.6) is 0 Å². The molecule has 1 aliphatic rings. The molecular weight excluding hydrogens is 231 g/mol. The largest absolute Gasteiger partial charge is 0.155 e. The minimum Gasteiger partial charge on any atom is -0.137 e. The molecule has 15 heavy (non-hydrogen) atoms. The normalized spacial score (nSPS) is 17.5. The summed E-state index contributed by atoms with van der Waals surface area (Å²) in [5.41, 5.74) is 2.25. The molecule has 0 radical (unpaired) electrons. The molecule has 1 heterocycles. The van der Waals surface area contributed by atoms with Gasteiger partial charge in [0.05, 0.1) is 0 Å². The van der Waals surface area contributed by atoms with Gasteiger partial charge < -0.3 is 0 Å². The van der Waals surface area contributed by atoms with E-state index in [2.05, 4.69) is 10.2 Å². The van der Waals surface area contributed by atoms with Crippen LogP contribution in [0.25, 0.3) is 0 Å². The zero-order valence-corrected chi connectivity index (χ0v) is 10.1. The fraction of sp³-hybridized carbons (Fsp3) is 0.636. The third-order valence-corrected chi connectivity index (χ3v) is 3.55. The van der Waals surface area contributed by atoms with Crippen molar-refractivity contribution >= 4 is 23.2 Å². The number of rotatable bonds is 0. The molecule has 0 saturated carbocycles. The van der Waals surface area contributed by atoms with Crippen molar-refractivity contribution in [1.82, 2.24) is 10.2 Å². The van der Waals surface area contributed by atoms with E-state index in [0.29, 0.717) is 10.3 Å². The van der Waals surface area contributed by atoms with Gasteiger partial charge in [-0.2, -0.15) is 0 Å². The van der Waals surface area contributed by atoms with Gasteiger partial charge in [-0.25, -0.2) is 0 Å². The molecule has 0 unspecified atom stereocenters. The number of nitrogens with zero attached hydrogens (tertiary/aromatic N) is 2. The molecular formula is C11H14Cl2N2. The zero-order chi connectivity index (χ0) is 10.7. The fourth-order valence-electron chi connectivity index (χ4n) is 2.10. The van der Waals surface area contributed by atoms with E-state index in [4.69, 9.17) is 23.2 Å². The molecule has 0 aromatic carbocycles. The van der Waals surface area contributed by atoms with Crippen molar-refractivity contribution in [2.24, 2.45) is 0 Å². The van der Waals surface area contributed by atoms with Crippen molar-refractivity contribution in [1.29, 1.82) is 0 Å². The van der Waals surface area contributed by atoms with Crippen LogP contribution in [0.3, 0.4) is 0 Å². The van der Waals surface area contributed by atoms with Gasteiger partial charge in [0.2, 0.25) is 0 Å². The van der Waals surface area contributed by atoms with E-state index in [1.54, 1.807) is 0 Å². The Kier molecular flexibility index (Phi) is 3.81. The molecule has 1 aromatic heterocycles. The first-order chi connectivity index (χ1) is 7.29. The van der Waals surface area contributed by atoms with Gasteiger partial charge >= 0.3 is 0 Å². The Morgan fingerprint density at radius 1 is 0.667 bits per heavy atom. The first-order valence-corrected chi connectivity index (χ1v) is 6.24. The summed E-state index contributed by atoms with van der Waals surface area (Å²) in [6, 6.07) is 0. The van der Waals surface area contributed by atoms with Gasteiger partial charge in [0.25, 0.3) is 0 Å². The third kappa shape index (κ3) is 2.61. The van der Waals surface area contributed by atoms with Crippen molar-refractivity contribution in [2.45, 2.75) is 44.9 Å². The van der Waals surface area contributed by atoms with Gasteiger partial charge in [-0.3, -0.25) is 0 Å². The van der Waals surface area contributed by atoms with E-state index in [1.807, 2.05) is 0 Å². The van der Waals surface area contributed by atoms with Crippen LogP contribution in [0.1, 0.15) is 43.2 Å². The van der Waals surface area contributed by atoms with Crippen molar-refractivity contribution in [2.75, 3.05) is 0 Å². The average Bonchev–Trinajstić information content (AvgIpc) is 2.35. The molecule has 1 aliphatic carbocycles. The highest BCUT2D eigenvalue weighted by Gasteiger charge is 2.14. The number of hydrogen-bond acceptors (Lipinski definition) is 2.